The Labute approximate surface area is 179 Å². The van der Waals surface area contributed by atoms with Crippen LogP contribution in [-0.4, -0.2) is 20.9 Å². The van der Waals surface area contributed by atoms with E-state index in [-0.39, 0.29) is 15.5 Å². The highest BCUT2D eigenvalue weighted by Gasteiger charge is 2.30. The number of carbonyl (C=O) groups excluding carboxylic acids is 1. The first-order chi connectivity index (χ1) is 14.4. The zero-order valence-electron chi connectivity index (χ0n) is 15.7. The van der Waals surface area contributed by atoms with Crippen LogP contribution in [0, 0.1) is 11.3 Å². The van der Waals surface area contributed by atoms with Crippen LogP contribution < -0.4 is 9.62 Å². The summed E-state index contributed by atoms with van der Waals surface area (Å²) in [6.45, 7) is 0.363. The van der Waals surface area contributed by atoms with Crippen LogP contribution in [0.5, 0.6) is 0 Å². The summed E-state index contributed by atoms with van der Waals surface area (Å²) in [7, 11) is -3.80. The van der Waals surface area contributed by atoms with Crippen LogP contribution in [0.25, 0.3) is 0 Å². The quantitative estimate of drug-likeness (QED) is 0.661. The molecule has 8 heteroatoms. The second-order valence-corrected chi connectivity index (χ2v) is 9.01. The molecule has 1 aliphatic heterocycles. The summed E-state index contributed by atoms with van der Waals surface area (Å²) in [4.78, 5) is 12.7. The third-order valence-corrected chi connectivity index (χ3v) is 7.00. The topological polar surface area (TPSA) is 90.3 Å². The normalized spacial score (nSPS) is 12.9. The number of nitriles is 1. The smallest absolute Gasteiger partial charge is 0.264 e. The van der Waals surface area contributed by atoms with Crippen molar-refractivity contribution in [2.45, 2.75) is 11.3 Å². The molecule has 0 saturated carbocycles. The van der Waals surface area contributed by atoms with Gasteiger partial charge in [-0.05, 0) is 54.4 Å². The number of nitrogens with zero attached hydrogens (tertiary/aromatic N) is 2. The van der Waals surface area contributed by atoms with Crippen LogP contribution in [0.15, 0.2) is 71.6 Å². The summed E-state index contributed by atoms with van der Waals surface area (Å²) in [5.41, 5.74) is 2.55. The van der Waals surface area contributed by atoms with Crippen molar-refractivity contribution in [1.29, 1.82) is 5.26 Å². The fourth-order valence-electron chi connectivity index (χ4n) is 3.37. The number of halogens is 1. The highest BCUT2D eigenvalue weighted by molar-refractivity contribution is 7.92. The average Bonchev–Trinajstić information content (AvgIpc) is 3.19. The van der Waals surface area contributed by atoms with Crippen molar-refractivity contribution in [2.75, 3.05) is 16.2 Å². The van der Waals surface area contributed by atoms with Gasteiger partial charge in [0.2, 0.25) is 0 Å². The SMILES string of the molecule is N#Cc1ccc(NC(=O)c2cccc(S(=O)(=O)N3CCc4ccccc43)c2)cc1Cl. The summed E-state index contributed by atoms with van der Waals surface area (Å²) in [6.07, 6.45) is 0.648. The molecule has 0 bridgehead atoms. The van der Waals surface area contributed by atoms with Crippen molar-refractivity contribution in [2.24, 2.45) is 0 Å². The van der Waals surface area contributed by atoms with Gasteiger partial charge in [0.25, 0.3) is 15.9 Å². The fourth-order valence-corrected chi connectivity index (χ4v) is 5.14. The number of anilines is 2. The van der Waals surface area contributed by atoms with E-state index in [9.17, 15) is 13.2 Å². The minimum atomic E-state index is -3.80. The molecule has 0 radical (unpaired) electrons. The van der Waals surface area contributed by atoms with E-state index in [0.717, 1.165) is 5.56 Å². The fraction of sp³-hybridized carbons (Fsp3) is 0.0909. The standard InChI is InChI=1S/C22H16ClN3O3S/c23-20-13-18(9-8-17(20)14-24)25-22(27)16-5-3-6-19(12-16)30(28,29)26-11-10-15-4-1-2-7-21(15)26/h1-9,12-13H,10-11H2,(H,25,27). The predicted octanol–water partition coefficient (Wildman–Crippen LogP) is 4.22. The van der Waals surface area contributed by atoms with Crippen LogP contribution in [0.2, 0.25) is 5.02 Å². The van der Waals surface area contributed by atoms with Gasteiger partial charge in [0.1, 0.15) is 6.07 Å². The van der Waals surface area contributed by atoms with Gasteiger partial charge in [0, 0.05) is 17.8 Å². The molecule has 3 aromatic rings. The van der Waals surface area contributed by atoms with Crippen molar-refractivity contribution < 1.29 is 13.2 Å². The maximum atomic E-state index is 13.2. The maximum absolute atomic E-state index is 13.2. The number of fused-ring (bicyclic) bond motifs is 1. The van der Waals surface area contributed by atoms with Gasteiger partial charge >= 0.3 is 0 Å². The number of para-hydroxylation sites is 1. The van der Waals surface area contributed by atoms with Gasteiger partial charge in [0.15, 0.2) is 0 Å². The van der Waals surface area contributed by atoms with E-state index < -0.39 is 15.9 Å². The van der Waals surface area contributed by atoms with Crippen LogP contribution in [0.4, 0.5) is 11.4 Å². The number of hydrogen-bond acceptors (Lipinski definition) is 4. The summed E-state index contributed by atoms with van der Waals surface area (Å²) in [5.74, 6) is -0.477. The predicted molar refractivity (Wildman–Crippen MR) is 115 cm³/mol. The van der Waals surface area contributed by atoms with Crippen LogP contribution in [0.3, 0.4) is 0 Å². The molecular formula is C22H16ClN3O3S. The zero-order valence-corrected chi connectivity index (χ0v) is 17.2. The molecule has 1 heterocycles. The molecule has 3 aromatic carbocycles. The minimum Gasteiger partial charge on any atom is -0.322 e. The molecule has 6 nitrogen and oxygen atoms in total. The number of carbonyl (C=O) groups is 1. The molecular weight excluding hydrogens is 422 g/mol. The number of sulfonamides is 1. The Kier molecular flexibility index (Phi) is 5.20. The van der Waals surface area contributed by atoms with Gasteiger partial charge in [-0.25, -0.2) is 8.42 Å². The van der Waals surface area contributed by atoms with Gasteiger partial charge < -0.3 is 5.32 Å². The van der Waals surface area contributed by atoms with Gasteiger partial charge in [-0.2, -0.15) is 5.26 Å². The molecule has 0 saturated heterocycles. The van der Waals surface area contributed by atoms with E-state index in [2.05, 4.69) is 5.32 Å². The minimum absolute atomic E-state index is 0.0460. The largest absolute Gasteiger partial charge is 0.322 e. The third-order valence-electron chi connectivity index (χ3n) is 4.88. The lowest BCUT2D eigenvalue weighted by Gasteiger charge is -2.20. The summed E-state index contributed by atoms with van der Waals surface area (Å²) >= 11 is 6.00. The molecule has 4 rings (SSSR count). The lowest BCUT2D eigenvalue weighted by atomic mass is 10.2. The Morgan fingerprint density at radius 3 is 2.63 bits per heavy atom. The van der Waals surface area contributed by atoms with E-state index in [0.29, 0.717) is 29.9 Å². The Morgan fingerprint density at radius 1 is 1.07 bits per heavy atom. The van der Waals surface area contributed by atoms with E-state index in [1.165, 1.54) is 40.7 Å². The number of amides is 1. The van der Waals surface area contributed by atoms with Gasteiger partial charge in [-0.15, -0.1) is 0 Å². The average molecular weight is 438 g/mol. The van der Waals surface area contributed by atoms with Gasteiger partial charge in [-0.1, -0.05) is 35.9 Å². The molecule has 1 N–H and O–H groups in total. The van der Waals surface area contributed by atoms with E-state index in [1.54, 1.807) is 18.2 Å². The number of rotatable bonds is 4. The molecule has 150 valence electrons. The molecule has 1 amide bonds. The molecule has 1 aliphatic rings. The van der Waals surface area contributed by atoms with Gasteiger partial charge in [0.05, 0.1) is 21.2 Å². The monoisotopic (exact) mass is 437 g/mol. The maximum Gasteiger partial charge on any atom is 0.264 e. The number of nitrogens with one attached hydrogen (secondary N) is 1. The van der Waals surface area contributed by atoms with Crippen molar-refractivity contribution in [3.8, 4) is 6.07 Å². The molecule has 0 fully saturated rings. The van der Waals surface area contributed by atoms with E-state index in [1.807, 2.05) is 18.2 Å². The zero-order chi connectivity index (χ0) is 21.3. The Bertz CT molecular complexity index is 1300. The van der Waals surface area contributed by atoms with Crippen LogP contribution >= 0.6 is 11.6 Å². The van der Waals surface area contributed by atoms with Gasteiger partial charge in [-0.3, -0.25) is 9.10 Å². The second kappa shape index (κ2) is 7.82. The molecule has 0 spiro atoms. The summed E-state index contributed by atoms with van der Waals surface area (Å²) in [5, 5.41) is 11.8. The highest BCUT2D eigenvalue weighted by atomic mass is 35.5. The van der Waals surface area contributed by atoms with Crippen LogP contribution in [0.1, 0.15) is 21.5 Å². The lowest BCUT2D eigenvalue weighted by molar-refractivity contribution is 0.102. The van der Waals surface area contributed by atoms with E-state index >= 15 is 0 Å². The molecule has 30 heavy (non-hydrogen) atoms. The third kappa shape index (κ3) is 3.63. The van der Waals surface area contributed by atoms with Crippen LogP contribution in [-0.2, 0) is 16.4 Å². The Hall–Kier alpha value is -3.34. The number of hydrogen-bond donors (Lipinski definition) is 1. The second-order valence-electron chi connectivity index (χ2n) is 6.74. The molecule has 0 unspecified atom stereocenters. The summed E-state index contributed by atoms with van der Waals surface area (Å²) in [6, 6.07) is 19.8. The lowest BCUT2D eigenvalue weighted by Crippen LogP contribution is -2.29. The first kappa shape index (κ1) is 20.0. The highest BCUT2D eigenvalue weighted by Crippen LogP contribution is 2.32. The van der Waals surface area contributed by atoms with Crippen molar-refractivity contribution in [3.05, 3.63) is 88.4 Å². The first-order valence-corrected chi connectivity index (χ1v) is 10.9. The first-order valence-electron chi connectivity index (χ1n) is 9.12. The van der Waals surface area contributed by atoms with Crippen molar-refractivity contribution in [3.63, 3.8) is 0 Å². The van der Waals surface area contributed by atoms with Crippen molar-refractivity contribution in [1.82, 2.24) is 0 Å². The Morgan fingerprint density at radius 2 is 1.87 bits per heavy atom. The number of benzene rings is 3. The summed E-state index contributed by atoms with van der Waals surface area (Å²) < 4.78 is 27.8. The van der Waals surface area contributed by atoms with E-state index in [4.69, 9.17) is 16.9 Å². The Balaban J connectivity index is 1.60. The van der Waals surface area contributed by atoms with Crippen molar-refractivity contribution >= 4 is 38.9 Å². The molecule has 0 aliphatic carbocycles. The molecule has 0 aromatic heterocycles. The molecule has 0 atom stereocenters.